The average Bonchev–Trinajstić information content (AvgIpc) is 3.87. The molecule has 0 radical (unpaired) electrons. The minimum absolute atomic E-state index is 0.00956. The van der Waals surface area contributed by atoms with Crippen LogP contribution in [0.4, 0.5) is 11.5 Å². The van der Waals surface area contributed by atoms with Gasteiger partial charge in [-0.2, -0.15) is 0 Å². The third-order valence-corrected chi connectivity index (χ3v) is 9.38. The highest BCUT2D eigenvalue weighted by atomic mass is 16.7. The van der Waals surface area contributed by atoms with E-state index >= 15 is 0 Å². The number of nitrogens with two attached hydrogens (primary N) is 3. The van der Waals surface area contributed by atoms with Crippen molar-refractivity contribution >= 4 is 63.1 Å². The fourth-order valence-corrected chi connectivity index (χ4v) is 6.00. The van der Waals surface area contributed by atoms with E-state index in [1.54, 1.807) is 73.8 Å². The highest BCUT2D eigenvalue weighted by Crippen LogP contribution is 2.21. The number of aromatic amines is 2. The number of benzene rings is 3. The fraction of sp³-hybridized carbons (Fsp3) is 0.244. The number of esters is 2. The number of fused-ring (bicyclic) bond motifs is 2. The van der Waals surface area contributed by atoms with E-state index in [1.165, 1.54) is 12.0 Å². The number of carbonyl (C=O) groups excluding carboxylic acids is 4. The van der Waals surface area contributed by atoms with Gasteiger partial charge in [0.2, 0.25) is 0 Å². The number of pyridine rings is 1. The van der Waals surface area contributed by atoms with Crippen LogP contribution in [-0.2, 0) is 41.7 Å². The standard InChI is InChI=1S/C41H44N10O7/c1-24(23-57-40(54)30(42)19-27-21-47-31-8-4-3-7-29(27)31)37(43)41(55)58-50-38(44)25-10-13-28(14-11-25)46-22-34-48-32-15-12-26(20-33(32)49-34)39(53)51(18-16-36(52)56-2)35-9-5-6-17-45-35/h3-15,17,20-21,24,30,37,46-47H,16,18-19,22-23,42-43H2,1-2H3,(H2,44,50)(H,48,49). The number of ether oxygens (including phenoxy) is 2. The van der Waals surface area contributed by atoms with Crippen LogP contribution in [0.1, 0.15) is 40.7 Å². The number of oxime groups is 1. The van der Waals surface area contributed by atoms with Crippen molar-refractivity contribution in [3.63, 3.8) is 0 Å². The van der Waals surface area contributed by atoms with Crippen LogP contribution in [0.5, 0.6) is 0 Å². The Balaban J connectivity index is 0.974. The lowest BCUT2D eigenvalue weighted by Crippen LogP contribution is -2.41. The number of hydrogen-bond donors (Lipinski definition) is 6. The second-order valence-corrected chi connectivity index (χ2v) is 13.5. The number of aromatic nitrogens is 4. The zero-order valence-electron chi connectivity index (χ0n) is 31.9. The topological polar surface area (TPSA) is 259 Å². The van der Waals surface area contributed by atoms with Gasteiger partial charge in [0.1, 0.15) is 23.7 Å². The Morgan fingerprint density at radius 1 is 0.931 bits per heavy atom. The van der Waals surface area contributed by atoms with Crippen molar-refractivity contribution in [2.45, 2.75) is 38.4 Å². The summed E-state index contributed by atoms with van der Waals surface area (Å²) < 4.78 is 10.1. The van der Waals surface area contributed by atoms with E-state index in [0.29, 0.717) is 40.3 Å². The summed E-state index contributed by atoms with van der Waals surface area (Å²) in [5, 5.41) is 8.00. The summed E-state index contributed by atoms with van der Waals surface area (Å²) in [6.07, 6.45) is 3.68. The van der Waals surface area contributed by atoms with Gasteiger partial charge in [-0.1, -0.05) is 36.3 Å². The van der Waals surface area contributed by atoms with Crippen LogP contribution in [0.25, 0.3) is 21.9 Å². The van der Waals surface area contributed by atoms with E-state index in [2.05, 4.69) is 30.4 Å². The van der Waals surface area contributed by atoms with Crippen molar-refractivity contribution in [2.24, 2.45) is 28.3 Å². The summed E-state index contributed by atoms with van der Waals surface area (Å²) in [6, 6.07) is 22.9. The number of H-pyrrole nitrogens is 2. The number of imidazole rings is 1. The Labute approximate surface area is 332 Å². The van der Waals surface area contributed by atoms with E-state index in [-0.39, 0.29) is 37.7 Å². The molecule has 0 spiro atoms. The molecule has 0 aliphatic carbocycles. The summed E-state index contributed by atoms with van der Waals surface area (Å²) in [7, 11) is 1.30. The molecule has 17 heteroatoms. The van der Waals surface area contributed by atoms with Crippen LogP contribution in [0.15, 0.2) is 102 Å². The molecule has 1 amide bonds. The Morgan fingerprint density at radius 2 is 1.69 bits per heavy atom. The molecule has 17 nitrogen and oxygen atoms in total. The molecule has 0 saturated carbocycles. The number of nitrogens with one attached hydrogen (secondary N) is 3. The third-order valence-electron chi connectivity index (χ3n) is 9.38. The van der Waals surface area contributed by atoms with Crippen molar-refractivity contribution in [1.82, 2.24) is 19.9 Å². The number of carbonyl (C=O) groups is 4. The van der Waals surface area contributed by atoms with E-state index in [4.69, 9.17) is 31.5 Å². The lowest BCUT2D eigenvalue weighted by Gasteiger charge is -2.21. The molecule has 3 atom stereocenters. The van der Waals surface area contributed by atoms with Gasteiger partial charge in [0.05, 0.1) is 37.7 Å². The highest BCUT2D eigenvalue weighted by Gasteiger charge is 2.26. The summed E-state index contributed by atoms with van der Waals surface area (Å²) in [5.41, 5.74) is 23.0. The Morgan fingerprint density at radius 3 is 2.45 bits per heavy atom. The maximum atomic E-state index is 13.6. The number of rotatable bonds is 17. The highest BCUT2D eigenvalue weighted by molar-refractivity contribution is 6.07. The van der Waals surface area contributed by atoms with E-state index in [9.17, 15) is 19.2 Å². The van der Waals surface area contributed by atoms with Crippen molar-refractivity contribution in [1.29, 1.82) is 0 Å². The molecule has 0 aliphatic heterocycles. The first kappa shape index (κ1) is 40.6. The van der Waals surface area contributed by atoms with Gasteiger partial charge in [0.25, 0.3) is 5.91 Å². The predicted octanol–water partition coefficient (Wildman–Crippen LogP) is 3.50. The van der Waals surface area contributed by atoms with Crippen LogP contribution in [0.2, 0.25) is 0 Å². The number of anilines is 2. The largest absolute Gasteiger partial charge is 0.469 e. The lowest BCUT2D eigenvalue weighted by atomic mass is 10.0. The second kappa shape index (κ2) is 18.7. The second-order valence-electron chi connectivity index (χ2n) is 13.5. The Kier molecular flexibility index (Phi) is 13.1. The quantitative estimate of drug-likeness (QED) is 0.0255. The van der Waals surface area contributed by atoms with Gasteiger partial charge >= 0.3 is 17.9 Å². The van der Waals surface area contributed by atoms with Gasteiger partial charge in [-0.3, -0.25) is 19.3 Å². The molecule has 3 aromatic heterocycles. The number of methoxy groups -OCH3 is 1. The molecule has 0 fully saturated rings. The van der Waals surface area contributed by atoms with Gasteiger partial charge in [0.15, 0.2) is 5.84 Å². The van der Waals surface area contributed by atoms with Crippen molar-refractivity contribution in [3.8, 4) is 0 Å². The smallest absolute Gasteiger partial charge is 0.352 e. The molecule has 0 aliphatic rings. The molecule has 300 valence electrons. The van der Waals surface area contributed by atoms with Crippen LogP contribution in [0.3, 0.4) is 0 Å². The molecule has 0 bridgehead atoms. The molecule has 3 heterocycles. The lowest BCUT2D eigenvalue weighted by molar-refractivity contribution is -0.151. The zero-order valence-corrected chi connectivity index (χ0v) is 31.9. The first-order valence-electron chi connectivity index (χ1n) is 18.4. The monoisotopic (exact) mass is 788 g/mol. The molecule has 3 aromatic carbocycles. The molecule has 6 aromatic rings. The minimum atomic E-state index is -1.15. The maximum Gasteiger partial charge on any atom is 0.352 e. The Hall–Kier alpha value is -7.11. The van der Waals surface area contributed by atoms with Crippen molar-refractivity contribution < 1.29 is 33.5 Å². The van der Waals surface area contributed by atoms with E-state index in [1.807, 2.05) is 30.5 Å². The molecule has 6 rings (SSSR count). The van der Waals surface area contributed by atoms with Gasteiger partial charge in [0, 0.05) is 59.0 Å². The molecule has 3 unspecified atom stereocenters. The number of nitrogens with zero attached hydrogens (tertiary/aromatic N) is 4. The minimum Gasteiger partial charge on any atom is -0.469 e. The molecule has 9 N–H and O–H groups in total. The normalized spacial score (nSPS) is 13.1. The van der Waals surface area contributed by atoms with Crippen LogP contribution >= 0.6 is 0 Å². The summed E-state index contributed by atoms with van der Waals surface area (Å²) in [4.78, 5) is 72.4. The van der Waals surface area contributed by atoms with Gasteiger partial charge in [-0.05, 0) is 66.2 Å². The average molecular weight is 789 g/mol. The summed E-state index contributed by atoms with van der Waals surface area (Å²) in [6.45, 7) is 1.92. The molecular formula is C41H44N10O7. The maximum absolute atomic E-state index is 13.6. The summed E-state index contributed by atoms with van der Waals surface area (Å²) >= 11 is 0. The molecular weight excluding hydrogens is 745 g/mol. The van der Waals surface area contributed by atoms with Gasteiger partial charge < -0.3 is 46.8 Å². The number of para-hydroxylation sites is 1. The first-order chi connectivity index (χ1) is 28.0. The fourth-order valence-electron chi connectivity index (χ4n) is 6.00. The Bertz CT molecular complexity index is 2410. The SMILES string of the molecule is COC(=O)CCN(C(=O)c1ccc2nc(CNc3ccc(/C(N)=N/OC(=O)C(N)C(C)COC(=O)C(N)Cc4c[nH]c5ccccc45)cc3)[nH]c2c1)c1ccccn1. The van der Waals surface area contributed by atoms with Gasteiger partial charge in [-0.15, -0.1) is 0 Å². The zero-order chi connectivity index (χ0) is 41.2. The molecule has 0 saturated heterocycles. The van der Waals surface area contributed by atoms with Crippen LogP contribution < -0.4 is 27.4 Å². The first-order valence-corrected chi connectivity index (χ1v) is 18.4. The van der Waals surface area contributed by atoms with Crippen LogP contribution in [-0.4, -0.2) is 81.9 Å². The van der Waals surface area contributed by atoms with E-state index in [0.717, 1.165) is 22.2 Å². The number of hydrogen-bond acceptors (Lipinski definition) is 13. The number of amidine groups is 1. The van der Waals surface area contributed by atoms with Crippen molar-refractivity contribution in [2.75, 3.05) is 30.5 Å². The predicted molar refractivity (Wildman–Crippen MR) is 217 cm³/mol. The molecule has 58 heavy (non-hydrogen) atoms. The van der Waals surface area contributed by atoms with Crippen molar-refractivity contribution in [3.05, 3.63) is 120 Å². The van der Waals surface area contributed by atoms with Gasteiger partial charge in [-0.25, -0.2) is 14.8 Å². The third kappa shape index (κ3) is 10.00. The summed E-state index contributed by atoms with van der Waals surface area (Å²) in [5.74, 6) is -1.84. The number of amides is 1. The van der Waals surface area contributed by atoms with E-state index < -0.39 is 35.9 Å². The van der Waals surface area contributed by atoms with Crippen LogP contribution in [0, 0.1) is 5.92 Å².